The molecule has 0 fully saturated rings. The van der Waals surface area contributed by atoms with Crippen LogP contribution in [-0.4, -0.2) is 33.0 Å². The van der Waals surface area contributed by atoms with Crippen LogP contribution in [0.4, 0.5) is 5.69 Å². The van der Waals surface area contributed by atoms with Crippen LogP contribution in [0.25, 0.3) is 11.5 Å². The van der Waals surface area contributed by atoms with Gasteiger partial charge >= 0.3 is 0 Å². The van der Waals surface area contributed by atoms with Gasteiger partial charge in [0, 0.05) is 24.7 Å². The first-order valence-electron chi connectivity index (χ1n) is 9.19. The van der Waals surface area contributed by atoms with Crippen LogP contribution < -0.4 is 0 Å². The number of benzene rings is 2. The molecule has 1 aromatic heterocycles. The van der Waals surface area contributed by atoms with Crippen molar-refractivity contribution in [3.63, 3.8) is 0 Å². The molecule has 0 aliphatic heterocycles. The lowest BCUT2D eigenvalue weighted by Crippen LogP contribution is -2.26. The summed E-state index contributed by atoms with van der Waals surface area (Å²) in [5, 5.41) is 19.1. The standard InChI is InChI=1S/C21H21ClN4O4/c1-21(2,3)14-7-5-13(6-8-14)19-24-23-18(30-19)12-25(4)20(27)16-11-15(26(28)29)9-10-17(16)22/h5-11H,12H2,1-4H3. The van der Waals surface area contributed by atoms with Crippen molar-refractivity contribution in [1.29, 1.82) is 0 Å². The molecule has 3 aromatic rings. The maximum absolute atomic E-state index is 12.7. The second-order valence-corrected chi connectivity index (χ2v) is 8.32. The van der Waals surface area contributed by atoms with Crippen molar-refractivity contribution in [3.8, 4) is 11.5 Å². The van der Waals surface area contributed by atoms with E-state index in [0.717, 1.165) is 11.6 Å². The van der Waals surface area contributed by atoms with Gasteiger partial charge < -0.3 is 9.32 Å². The summed E-state index contributed by atoms with van der Waals surface area (Å²) >= 11 is 6.05. The number of hydrogen-bond acceptors (Lipinski definition) is 6. The van der Waals surface area contributed by atoms with Gasteiger partial charge in [-0.2, -0.15) is 0 Å². The Morgan fingerprint density at radius 3 is 2.43 bits per heavy atom. The number of nitrogens with zero attached hydrogens (tertiary/aromatic N) is 4. The molecule has 0 radical (unpaired) electrons. The summed E-state index contributed by atoms with van der Waals surface area (Å²) in [4.78, 5) is 24.4. The van der Waals surface area contributed by atoms with Gasteiger partial charge in [-0.15, -0.1) is 10.2 Å². The van der Waals surface area contributed by atoms with Gasteiger partial charge in [-0.1, -0.05) is 44.5 Å². The number of non-ortho nitro benzene ring substituents is 1. The topological polar surface area (TPSA) is 102 Å². The van der Waals surface area contributed by atoms with Crippen molar-refractivity contribution in [3.05, 3.63) is 74.6 Å². The van der Waals surface area contributed by atoms with Crippen LogP contribution in [0.5, 0.6) is 0 Å². The molecule has 0 aliphatic rings. The van der Waals surface area contributed by atoms with E-state index in [2.05, 4.69) is 31.0 Å². The number of nitro groups is 1. The maximum atomic E-state index is 12.7. The predicted octanol–water partition coefficient (Wildman–Crippen LogP) is 4.87. The van der Waals surface area contributed by atoms with Gasteiger partial charge in [0.15, 0.2) is 0 Å². The molecular formula is C21H21ClN4O4. The number of hydrogen-bond donors (Lipinski definition) is 0. The highest BCUT2D eigenvalue weighted by Gasteiger charge is 2.21. The normalized spacial score (nSPS) is 11.4. The first-order valence-corrected chi connectivity index (χ1v) is 9.57. The van der Waals surface area contributed by atoms with Gasteiger partial charge in [0.2, 0.25) is 11.8 Å². The van der Waals surface area contributed by atoms with E-state index in [1.807, 2.05) is 24.3 Å². The summed E-state index contributed by atoms with van der Waals surface area (Å²) in [6, 6.07) is 11.6. The minimum atomic E-state index is -0.581. The zero-order valence-corrected chi connectivity index (χ0v) is 17.8. The van der Waals surface area contributed by atoms with Crippen molar-refractivity contribution in [1.82, 2.24) is 15.1 Å². The smallest absolute Gasteiger partial charge is 0.270 e. The molecular weight excluding hydrogens is 408 g/mol. The molecule has 3 rings (SSSR count). The molecule has 0 saturated heterocycles. The summed E-state index contributed by atoms with van der Waals surface area (Å²) in [6.45, 7) is 6.43. The second kappa shape index (κ2) is 8.23. The van der Waals surface area contributed by atoms with E-state index in [4.69, 9.17) is 16.0 Å². The average molecular weight is 429 g/mol. The van der Waals surface area contributed by atoms with E-state index < -0.39 is 10.8 Å². The summed E-state index contributed by atoms with van der Waals surface area (Å²) in [5.41, 5.74) is 1.82. The summed E-state index contributed by atoms with van der Waals surface area (Å²) in [7, 11) is 1.53. The largest absolute Gasteiger partial charge is 0.419 e. The van der Waals surface area contributed by atoms with Gasteiger partial charge in [0.1, 0.15) is 0 Å². The van der Waals surface area contributed by atoms with Crippen molar-refractivity contribution in [2.75, 3.05) is 7.05 Å². The van der Waals surface area contributed by atoms with E-state index in [9.17, 15) is 14.9 Å². The maximum Gasteiger partial charge on any atom is 0.270 e. The van der Waals surface area contributed by atoms with Crippen LogP contribution >= 0.6 is 11.6 Å². The van der Waals surface area contributed by atoms with Crippen molar-refractivity contribution < 1.29 is 14.1 Å². The summed E-state index contributed by atoms with van der Waals surface area (Å²) < 4.78 is 5.69. The average Bonchev–Trinajstić information content (AvgIpc) is 3.15. The van der Waals surface area contributed by atoms with E-state index >= 15 is 0 Å². The van der Waals surface area contributed by atoms with E-state index in [0.29, 0.717) is 5.89 Å². The molecule has 2 aromatic carbocycles. The Morgan fingerprint density at radius 2 is 1.83 bits per heavy atom. The zero-order chi connectivity index (χ0) is 22.1. The third kappa shape index (κ3) is 4.65. The van der Waals surface area contributed by atoms with Crippen molar-refractivity contribution in [2.24, 2.45) is 0 Å². The highest BCUT2D eigenvalue weighted by molar-refractivity contribution is 6.33. The Kier molecular flexibility index (Phi) is 5.89. The molecule has 1 heterocycles. The van der Waals surface area contributed by atoms with Gasteiger partial charge in [-0.05, 0) is 29.2 Å². The second-order valence-electron chi connectivity index (χ2n) is 7.91. The monoisotopic (exact) mass is 428 g/mol. The van der Waals surface area contributed by atoms with Crippen LogP contribution in [0, 0.1) is 10.1 Å². The molecule has 0 aliphatic carbocycles. The van der Waals surface area contributed by atoms with Crippen LogP contribution in [0.2, 0.25) is 5.02 Å². The minimum absolute atomic E-state index is 0.0327. The molecule has 0 spiro atoms. The SMILES string of the molecule is CN(Cc1nnc(-c2ccc(C(C)(C)C)cc2)o1)C(=O)c1cc([N+](=O)[O-])ccc1Cl. The number of amides is 1. The number of aromatic nitrogens is 2. The highest BCUT2D eigenvalue weighted by Crippen LogP contribution is 2.26. The lowest BCUT2D eigenvalue weighted by Gasteiger charge is -2.18. The third-order valence-electron chi connectivity index (χ3n) is 4.58. The molecule has 9 heteroatoms. The fourth-order valence-corrected chi connectivity index (χ4v) is 3.02. The molecule has 0 N–H and O–H groups in total. The number of rotatable bonds is 5. The van der Waals surface area contributed by atoms with E-state index in [-0.39, 0.29) is 34.1 Å². The lowest BCUT2D eigenvalue weighted by atomic mass is 9.87. The summed E-state index contributed by atoms with van der Waals surface area (Å²) in [5.74, 6) is 0.0972. The number of nitro benzene ring substituents is 1. The first-order chi connectivity index (χ1) is 14.1. The minimum Gasteiger partial charge on any atom is -0.419 e. The Bertz CT molecular complexity index is 1090. The molecule has 0 atom stereocenters. The molecule has 0 unspecified atom stereocenters. The van der Waals surface area contributed by atoms with Crippen LogP contribution in [0.1, 0.15) is 42.6 Å². The van der Waals surface area contributed by atoms with Crippen molar-refractivity contribution in [2.45, 2.75) is 32.7 Å². The molecule has 1 amide bonds. The molecule has 0 saturated carbocycles. The van der Waals surface area contributed by atoms with Gasteiger partial charge in [-0.3, -0.25) is 14.9 Å². The number of carbonyl (C=O) groups is 1. The fourth-order valence-electron chi connectivity index (χ4n) is 2.82. The molecule has 30 heavy (non-hydrogen) atoms. The lowest BCUT2D eigenvalue weighted by molar-refractivity contribution is -0.384. The Hall–Kier alpha value is -3.26. The van der Waals surface area contributed by atoms with Gasteiger partial charge in [-0.25, -0.2) is 0 Å². The molecule has 156 valence electrons. The fraction of sp³-hybridized carbons (Fsp3) is 0.286. The van der Waals surface area contributed by atoms with Crippen LogP contribution in [0.15, 0.2) is 46.9 Å². The number of halogens is 1. The summed E-state index contributed by atoms with van der Waals surface area (Å²) in [6.07, 6.45) is 0. The van der Waals surface area contributed by atoms with Gasteiger partial charge in [0.05, 0.1) is 22.1 Å². The van der Waals surface area contributed by atoms with Gasteiger partial charge in [0.25, 0.3) is 11.6 Å². The predicted molar refractivity (Wildman–Crippen MR) is 112 cm³/mol. The van der Waals surface area contributed by atoms with E-state index in [1.54, 1.807) is 0 Å². The highest BCUT2D eigenvalue weighted by atomic mass is 35.5. The quantitative estimate of drug-likeness (QED) is 0.424. The Morgan fingerprint density at radius 1 is 1.17 bits per heavy atom. The molecule has 8 nitrogen and oxygen atoms in total. The van der Waals surface area contributed by atoms with Crippen molar-refractivity contribution >= 4 is 23.2 Å². The first kappa shape index (κ1) is 21.4. The third-order valence-corrected chi connectivity index (χ3v) is 4.90. The van der Waals surface area contributed by atoms with E-state index in [1.165, 1.54) is 29.6 Å². The Balaban J connectivity index is 1.75. The Labute approximate surface area is 178 Å². The van der Waals surface area contributed by atoms with Crippen LogP contribution in [0.3, 0.4) is 0 Å². The zero-order valence-electron chi connectivity index (χ0n) is 17.0. The molecule has 0 bridgehead atoms. The van der Waals surface area contributed by atoms with Crippen LogP contribution in [-0.2, 0) is 12.0 Å². The number of carbonyl (C=O) groups excluding carboxylic acids is 1.